The monoisotopic (exact) mass is 352 g/mol. The summed E-state index contributed by atoms with van der Waals surface area (Å²) in [6.45, 7) is 6.56. The highest BCUT2D eigenvalue weighted by molar-refractivity contribution is 5.81. The highest BCUT2D eigenvalue weighted by atomic mass is 16.1. The Morgan fingerprint density at radius 3 is 1.28 bits per heavy atom. The molecule has 0 aliphatic heterocycles. The predicted octanol–water partition coefficient (Wildman–Crippen LogP) is 7.43. The minimum Gasteiger partial charge on any atom is -0.300 e. The van der Waals surface area contributed by atoms with Crippen molar-refractivity contribution in [3.8, 4) is 0 Å². The maximum atomic E-state index is 12.1. The maximum absolute atomic E-state index is 12.1. The standard InChI is InChI=1S/C23H44O2/c1-4-7-9-11-13-15-17-22(24)19-21(6-3)20-23(25)18-16-14-12-10-8-5-2/h21H,4-20H2,1-3H3. The van der Waals surface area contributed by atoms with Crippen LogP contribution in [0.4, 0.5) is 0 Å². The van der Waals surface area contributed by atoms with Crippen molar-refractivity contribution in [3.63, 3.8) is 0 Å². The van der Waals surface area contributed by atoms with Crippen LogP contribution in [0.1, 0.15) is 130 Å². The Morgan fingerprint density at radius 1 is 0.560 bits per heavy atom. The second kappa shape index (κ2) is 18.1. The maximum Gasteiger partial charge on any atom is 0.133 e. The van der Waals surface area contributed by atoms with Crippen LogP contribution in [-0.2, 0) is 9.59 Å². The zero-order valence-corrected chi connectivity index (χ0v) is 17.4. The van der Waals surface area contributed by atoms with E-state index in [-0.39, 0.29) is 5.92 Å². The van der Waals surface area contributed by atoms with E-state index in [4.69, 9.17) is 0 Å². The van der Waals surface area contributed by atoms with Crippen molar-refractivity contribution in [3.05, 3.63) is 0 Å². The van der Waals surface area contributed by atoms with E-state index in [2.05, 4.69) is 20.8 Å². The van der Waals surface area contributed by atoms with Gasteiger partial charge in [0.15, 0.2) is 0 Å². The van der Waals surface area contributed by atoms with E-state index >= 15 is 0 Å². The number of carbonyl (C=O) groups is 2. The number of Topliss-reactive ketones (excluding diaryl/α,β-unsaturated/α-hetero) is 2. The Kier molecular flexibility index (Phi) is 17.7. The lowest BCUT2D eigenvalue weighted by atomic mass is 9.91. The van der Waals surface area contributed by atoms with Gasteiger partial charge in [-0.25, -0.2) is 0 Å². The molecule has 0 fully saturated rings. The van der Waals surface area contributed by atoms with Crippen molar-refractivity contribution in [1.82, 2.24) is 0 Å². The summed E-state index contributed by atoms with van der Waals surface area (Å²) in [7, 11) is 0. The van der Waals surface area contributed by atoms with Crippen LogP contribution in [0.2, 0.25) is 0 Å². The van der Waals surface area contributed by atoms with E-state index in [1.807, 2.05) is 0 Å². The van der Waals surface area contributed by atoms with Crippen LogP contribution in [0.3, 0.4) is 0 Å². The lowest BCUT2D eigenvalue weighted by Gasteiger charge is -2.13. The third kappa shape index (κ3) is 16.6. The molecule has 0 amide bonds. The molecule has 0 spiro atoms. The van der Waals surface area contributed by atoms with Crippen molar-refractivity contribution in [2.75, 3.05) is 0 Å². The molecule has 148 valence electrons. The second-order valence-electron chi connectivity index (χ2n) is 7.80. The van der Waals surface area contributed by atoms with Crippen molar-refractivity contribution < 1.29 is 9.59 Å². The third-order valence-electron chi connectivity index (χ3n) is 5.23. The summed E-state index contributed by atoms with van der Waals surface area (Å²) >= 11 is 0. The molecule has 0 N–H and O–H groups in total. The minimum atomic E-state index is 0.278. The van der Waals surface area contributed by atoms with Crippen LogP contribution in [0.25, 0.3) is 0 Å². The van der Waals surface area contributed by atoms with Crippen LogP contribution in [0.5, 0.6) is 0 Å². The van der Waals surface area contributed by atoms with Gasteiger partial charge in [-0.1, -0.05) is 91.4 Å². The van der Waals surface area contributed by atoms with Crippen molar-refractivity contribution in [2.45, 2.75) is 130 Å². The zero-order chi connectivity index (χ0) is 18.8. The summed E-state index contributed by atoms with van der Waals surface area (Å²) in [6.07, 6.45) is 18.3. The Labute approximate surface area is 157 Å². The van der Waals surface area contributed by atoms with Gasteiger partial charge in [0, 0.05) is 25.7 Å². The number of hydrogen-bond acceptors (Lipinski definition) is 2. The molecule has 0 saturated heterocycles. The van der Waals surface area contributed by atoms with E-state index in [1.54, 1.807) is 0 Å². The summed E-state index contributed by atoms with van der Waals surface area (Å²) in [5, 5.41) is 0. The molecule has 0 rings (SSSR count). The largest absolute Gasteiger partial charge is 0.300 e. The van der Waals surface area contributed by atoms with Crippen LogP contribution >= 0.6 is 0 Å². The fraction of sp³-hybridized carbons (Fsp3) is 0.913. The first-order valence-electron chi connectivity index (χ1n) is 11.2. The van der Waals surface area contributed by atoms with Gasteiger partial charge in [0.25, 0.3) is 0 Å². The average Bonchev–Trinajstić information content (AvgIpc) is 2.60. The molecule has 2 heteroatoms. The molecule has 0 aromatic heterocycles. The fourth-order valence-corrected chi connectivity index (χ4v) is 3.41. The summed E-state index contributed by atoms with van der Waals surface area (Å²) in [5.41, 5.74) is 0. The Bertz CT molecular complexity index is 292. The van der Waals surface area contributed by atoms with Crippen molar-refractivity contribution in [1.29, 1.82) is 0 Å². The molecular weight excluding hydrogens is 308 g/mol. The highest BCUT2D eigenvalue weighted by Gasteiger charge is 2.15. The molecule has 0 aliphatic carbocycles. The molecule has 0 heterocycles. The first-order chi connectivity index (χ1) is 12.1. The molecule has 0 aromatic carbocycles. The van der Waals surface area contributed by atoms with Gasteiger partial charge >= 0.3 is 0 Å². The quantitative estimate of drug-likeness (QED) is 0.226. The number of carbonyl (C=O) groups excluding carboxylic acids is 2. The molecule has 0 aliphatic rings. The summed E-state index contributed by atoms with van der Waals surface area (Å²) in [6, 6.07) is 0. The lowest BCUT2D eigenvalue weighted by Crippen LogP contribution is -2.12. The number of ketones is 2. The molecule has 0 radical (unpaired) electrons. The van der Waals surface area contributed by atoms with Crippen LogP contribution < -0.4 is 0 Å². The van der Waals surface area contributed by atoms with Gasteiger partial charge in [-0.15, -0.1) is 0 Å². The van der Waals surface area contributed by atoms with Gasteiger partial charge in [0.2, 0.25) is 0 Å². The van der Waals surface area contributed by atoms with Gasteiger partial charge in [-0.2, -0.15) is 0 Å². The highest BCUT2D eigenvalue weighted by Crippen LogP contribution is 2.19. The lowest BCUT2D eigenvalue weighted by molar-refractivity contribution is -0.122. The molecule has 0 atom stereocenters. The van der Waals surface area contributed by atoms with E-state index in [9.17, 15) is 9.59 Å². The van der Waals surface area contributed by atoms with Gasteiger partial charge < -0.3 is 0 Å². The topological polar surface area (TPSA) is 34.1 Å². The van der Waals surface area contributed by atoms with Gasteiger partial charge in [-0.05, 0) is 18.8 Å². The first-order valence-corrected chi connectivity index (χ1v) is 11.2. The molecular formula is C23H44O2. The molecule has 0 aromatic rings. The Hall–Kier alpha value is -0.660. The molecule has 0 unspecified atom stereocenters. The average molecular weight is 353 g/mol. The number of rotatable bonds is 19. The third-order valence-corrected chi connectivity index (χ3v) is 5.23. The van der Waals surface area contributed by atoms with Crippen LogP contribution in [0, 0.1) is 5.92 Å². The zero-order valence-electron chi connectivity index (χ0n) is 17.4. The Balaban J connectivity index is 3.74. The summed E-state index contributed by atoms with van der Waals surface area (Å²) in [5.74, 6) is 1.02. The van der Waals surface area contributed by atoms with Gasteiger partial charge in [0.05, 0.1) is 0 Å². The van der Waals surface area contributed by atoms with E-state index < -0.39 is 0 Å². The smallest absolute Gasteiger partial charge is 0.133 e. The SMILES string of the molecule is CCCCCCCCC(=O)CC(CC)CC(=O)CCCCCCCC. The predicted molar refractivity (Wildman–Crippen MR) is 109 cm³/mol. The summed E-state index contributed by atoms with van der Waals surface area (Å²) < 4.78 is 0. The first kappa shape index (κ1) is 24.3. The Morgan fingerprint density at radius 2 is 0.920 bits per heavy atom. The second-order valence-corrected chi connectivity index (χ2v) is 7.80. The van der Waals surface area contributed by atoms with Gasteiger partial charge in [0.1, 0.15) is 11.6 Å². The number of unbranched alkanes of at least 4 members (excludes halogenated alkanes) is 10. The van der Waals surface area contributed by atoms with E-state index in [0.29, 0.717) is 37.2 Å². The van der Waals surface area contributed by atoms with E-state index in [1.165, 1.54) is 64.2 Å². The van der Waals surface area contributed by atoms with Crippen LogP contribution in [-0.4, -0.2) is 11.6 Å². The van der Waals surface area contributed by atoms with Crippen molar-refractivity contribution in [2.24, 2.45) is 5.92 Å². The van der Waals surface area contributed by atoms with E-state index in [0.717, 1.165) is 19.3 Å². The van der Waals surface area contributed by atoms with Crippen molar-refractivity contribution >= 4 is 11.6 Å². The normalized spacial score (nSPS) is 11.2. The molecule has 0 saturated carbocycles. The molecule has 2 nitrogen and oxygen atoms in total. The minimum absolute atomic E-state index is 0.278. The summed E-state index contributed by atoms with van der Waals surface area (Å²) in [4.78, 5) is 24.3. The molecule has 25 heavy (non-hydrogen) atoms. The number of hydrogen-bond donors (Lipinski definition) is 0. The van der Waals surface area contributed by atoms with Gasteiger partial charge in [-0.3, -0.25) is 9.59 Å². The fourth-order valence-electron chi connectivity index (χ4n) is 3.41. The molecule has 0 bridgehead atoms. The van der Waals surface area contributed by atoms with Crippen LogP contribution in [0.15, 0.2) is 0 Å².